The third kappa shape index (κ3) is 3.55. The molecule has 0 fully saturated rings. The van der Waals surface area contributed by atoms with Crippen LogP contribution in [0.2, 0.25) is 0 Å². The highest BCUT2D eigenvalue weighted by molar-refractivity contribution is 5.85. The van der Waals surface area contributed by atoms with E-state index in [9.17, 15) is 9.59 Å². The van der Waals surface area contributed by atoms with Gasteiger partial charge in [0.1, 0.15) is 0 Å². The fraction of sp³-hybridized carbons (Fsp3) is 0.200. The average molecular weight is 273 g/mol. The summed E-state index contributed by atoms with van der Waals surface area (Å²) in [5.74, 6) is -2.07. The molecule has 0 amide bonds. The molecule has 0 heterocycles. The van der Waals surface area contributed by atoms with Crippen LogP contribution in [0.3, 0.4) is 0 Å². The number of carboxylic acids is 2. The van der Waals surface area contributed by atoms with Gasteiger partial charge in [0, 0.05) is 6.54 Å². The first-order valence-electron chi connectivity index (χ1n) is 6.19. The standard InChI is InChI=1S/C15H15NO4/c17-14(18)9-16(10-15(19)20)8-12-6-3-5-11-4-1-2-7-13(11)12/h1-7H,8-10H2,(H,17,18)(H,19,20). The smallest absolute Gasteiger partial charge is 0.317 e. The second-order valence-electron chi connectivity index (χ2n) is 4.57. The number of aliphatic carboxylic acids is 2. The van der Waals surface area contributed by atoms with E-state index in [1.54, 1.807) is 0 Å². The fourth-order valence-electron chi connectivity index (χ4n) is 2.22. The predicted octanol–water partition coefficient (Wildman–Crippen LogP) is 1.81. The zero-order valence-corrected chi connectivity index (χ0v) is 10.8. The average Bonchev–Trinajstić information content (AvgIpc) is 2.37. The van der Waals surface area contributed by atoms with E-state index in [0.717, 1.165) is 16.3 Å². The molecule has 2 N–H and O–H groups in total. The molecule has 0 aliphatic rings. The Morgan fingerprint density at radius 3 is 2.15 bits per heavy atom. The van der Waals surface area contributed by atoms with Gasteiger partial charge in [-0.1, -0.05) is 42.5 Å². The summed E-state index contributed by atoms with van der Waals surface area (Å²) in [4.78, 5) is 23.0. The van der Waals surface area contributed by atoms with E-state index in [1.807, 2.05) is 42.5 Å². The highest BCUT2D eigenvalue weighted by atomic mass is 16.4. The second-order valence-corrected chi connectivity index (χ2v) is 4.57. The number of hydrogen-bond acceptors (Lipinski definition) is 3. The van der Waals surface area contributed by atoms with Crippen LogP contribution in [-0.4, -0.2) is 40.1 Å². The summed E-state index contributed by atoms with van der Waals surface area (Å²) in [5, 5.41) is 19.8. The van der Waals surface area contributed by atoms with E-state index < -0.39 is 11.9 Å². The molecule has 0 aliphatic heterocycles. The Kier molecular flexibility index (Phi) is 4.32. The first-order chi connectivity index (χ1) is 9.56. The normalized spacial score (nSPS) is 10.8. The molecular weight excluding hydrogens is 258 g/mol. The van der Waals surface area contributed by atoms with Crippen molar-refractivity contribution < 1.29 is 19.8 Å². The van der Waals surface area contributed by atoms with Crippen LogP contribution in [0.15, 0.2) is 42.5 Å². The van der Waals surface area contributed by atoms with Crippen LogP contribution in [0.1, 0.15) is 5.56 Å². The van der Waals surface area contributed by atoms with Crippen LogP contribution >= 0.6 is 0 Å². The fourth-order valence-corrected chi connectivity index (χ4v) is 2.22. The van der Waals surface area contributed by atoms with E-state index in [1.165, 1.54) is 4.90 Å². The van der Waals surface area contributed by atoms with Crippen LogP contribution in [0.5, 0.6) is 0 Å². The van der Waals surface area contributed by atoms with Crippen molar-refractivity contribution in [3.05, 3.63) is 48.0 Å². The molecule has 0 saturated heterocycles. The molecule has 0 saturated carbocycles. The van der Waals surface area contributed by atoms with Gasteiger partial charge in [0.2, 0.25) is 0 Å². The minimum absolute atomic E-state index is 0.292. The summed E-state index contributed by atoms with van der Waals surface area (Å²) in [7, 11) is 0. The molecule has 0 bridgehead atoms. The van der Waals surface area contributed by atoms with Crippen molar-refractivity contribution in [1.82, 2.24) is 4.90 Å². The number of carboxylic acid groups (broad SMARTS) is 2. The molecule has 0 spiro atoms. The van der Waals surface area contributed by atoms with E-state index in [4.69, 9.17) is 10.2 Å². The molecule has 2 rings (SSSR count). The van der Waals surface area contributed by atoms with E-state index in [0.29, 0.717) is 6.54 Å². The first-order valence-corrected chi connectivity index (χ1v) is 6.19. The van der Waals surface area contributed by atoms with Gasteiger partial charge < -0.3 is 10.2 Å². The van der Waals surface area contributed by atoms with E-state index in [2.05, 4.69) is 0 Å². The topological polar surface area (TPSA) is 77.8 Å². The number of benzene rings is 2. The molecular formula is C15H15NO4. The molecule has 0 unspecified atom stereocenters. The largest absolute Gasteiger partial charge is 0.480 e. The molecule has 0 aliphatic carbocycles. The summed E-state index contributed by atoms with van der Waals surface area (Å²) in [6, 6.07) is 13.5. The van der Waals surface area contributed by atoms with E-state index in [-0.39, 0.29) is 13.1 Å². The van der Waals surface area contributed by atoms with Crippen molar-refractivity contribution in [2.24, 2.45) is 0 Å². The third-order valence-electron chi connectivity index (χ3n) is 2.99. The Hall–Kier alpha value is -2.40. The first kappa shape index (κ1) is 14.0. The Morgan fingerprint density at radius 1 is 0.900 bits per heavy atom. The lowest BCUT2D eigenvalue weighted by molar-refractivity contribution is -0.141. The van der Waals surface area contributed by atoms with Crippen molar-refractivity contribution in [3.63, 3.8) is 0 Å². The van der Waals surface area contributed by atoms with Gasteiger partial charge >= 0.3 is 11.9 Å². The molecule has 20 heavy (non-hydrogen) atoms. The van der Waals surface area contributed by atoms with Gasteiger partial charge in [-0.15, -0.1) is 0 Å². The van der Waals surface area contributed by atoms with Gasteiger partial charge in [-0.05, 0) is 16.3 Å². The SMILES string of the molecule is O=C(O)CN(CC(=O)O)Cc1cccc2ccccc12. The maximum Gasteiger partial charge on any atom is 0.317 e. The maximum atomic E-state index is 10.8. The highest BCUT2D eigenvalue weighted by Crippen LogP contribution is 2.19. The lowest BCUT2D eigenvalue weighted by atomic mass is 10.0. The van der Waals surface area contributed by atoms with Gasteiger partial charge in [-0.3, -0.25) is 14.5 Å². The molecule has 0 atom stereocenters. The van der Waals surface area contributed by atoms with Gasteiger partial charge in [-0.25, -0.2) is 0 Å². The zero-order chi connectivity index (χ0) is 14.5. The molecule has 104 valence electrons. The van der Waals surface area contributed by atoms with Crippen molar-refractivity contribution in [2.75, 3.05) is 13.1 Å². The minimum Gasteiger partial charge on any atom is -0.480 e. The molecule has 5 heteroatoms. The number of rotatable bonds is 6. The van der Waals surface area contributed by atoms with Crippen molar-refractivity contribution >= 4 is 22.7 Å². The van der Waals surface area contributed by atoms with Crippen LogP contribution in [0.25, 0.3) is 10.8 Å². The van der Waals surface area contributed by atoms with Crippen LogP contribution in [0.4, 0.5) is 0 Å². The predicted molar refractivity (Wildman–Crippen MR) is 74.5 cm³/mol. The Balaban J connectivity index is 2.27. The van der Waals surface area contributed by atoms with Crippen molar-refractivity contribution in [3.8, 4) is 0 Å². The van der Waals surface area contributed by atoms with Crippen LogP contribution < -0.4 is 0 Å². The summed E-state index contributed by atoms with van der Waals surface area (Å²) in [5.41, 5.74) is 0.922. The van der Waals surface area contributed by atoms with Crippen LogP contribution in [0, 0.1) is 0 Å². The zero-order valence-electron chi connectivity index (χ0n) is 10.8. The third-order valence-corrected chi connectivity index (χ3v) is 2.99. The van der Waals surface area contributed by atoms with Gasteiger partial charge in [0.15, 0.2) is 0 Å². The number of hydrogen-bond donors (Lipinski definition) is 2. The molecule has 2 aromatic carbocycles. The number of carbonyl (C=O) groups is 2. The Bertz CT molecular complexity index is 617. The maximum absolute atomic E-state index is 10.8. The minimum atomic E-state index is -1.04. The molecule has 0 aromatic heterocycles. The monoisotopic (exact) mass is 273 g/mol. The number of fused-ring (bicyclic) bond motifs is 1. The lowest BCUT2D eigenvalue weighted by Gasteiger charge is -2.19. The highest BCUT2D eigenvalue weighted by Gasteiger charge is 2.14. The molecule has 0 radical (unpaired) electrons. The van der Waals surface area contributed by atoms with Crippen molar-refractivity contribution in [1.29, 1.82) is 0 Å². The molecule has 2 aromatic rings. The van der Waals surface area contributed by atoms with Crippen LogP contribution in [-0.2, 0) is 16.1 Å². The second kappa shape index (κ2) is 6.16. The summed E-state index contributed by atoms with van der Waals surface area (Å²) >= 11 is 0. The van der Waals surface area contributed by atoms with E-state index >= 15 is 0 Å². The molecule has 5 nitrogen and oxygen atoms in total. The summed E-state index contributed by atoms with van der Waals surface area (Å²) in [6.07, 6.45) is 0. The summed E-state index contributed by atoms with van der Waals surface area (Å²) < 4.78 is 0. The van der Waals surface area contributed by atoms with Gasteiger partial charge in [0.05, 0.1) is 13.1 Å². The lowest BCUT2D eigenvalue weighted by Crippen LogP contribution is -2.34. The Labute approximate surface area is 116 Å². The van der Waals surface area contributed by atoms with Gasteiger partial charge in [-0.2, -0.15) is 0 Å². The summed E-state index contributed by atoms with van der Waals surface area (Å²) in [6.45, 7) is -0.301. The van der Waals surface area contributed by atoms with Crippen molar-refractivity contribution in [2.45, 2.75) is 6.54 Å². The van der Waals surface area contributed by atoms with Gasteiger partial charge in [0.25, 0.3) is 0 Å². The quantitative estimate of drug-likeness (QED) is 0.839. The Morgan fingerprint density at radius 2 is 1.50 bits per heavy atom. The number of nitrogens with zero attached hydrogens (tertiary/aromatic N) is 1.